The molecule has 98 valence electrons. The second-order valence-corrected chi connectivity index (χ2v) is 4.34. The highest BCUT2D eigenvalue weighted by Gasteiger charge is 2.08. The summed E-state index contributed by atoms with van der Waals surface area (Å²) in [6.07, 6.45) is 1.68. The van der Waals surface area contributed by atoms with Gasteiger partial charge < -0.3 is 5.32 Å². The zero-order chi connectivity index (χ0) is 13.8. The third kappa shape index (κ3) is 2.79. The fourth-order valence-electron chi connectivity index (χ4n) is 1.68. The third-order valence-corrected chi connectivity index (χ3v) is 2.80. The van der Waals surface area contributed by atoms with Crippen LogP contribution in [0.2, 0.25) is 0 Å². The van der Waals surface area contributed by atoms with Crippen molar-refractivity contribution in [3.05, 3.63) is 53.1 Å². The van der Waals surface area contributed by atoms with Crippen LogP contribution in [-0.4, -0.2) is 21.3 Å². The van der Waals surface area contributed by atoms with Gasteiger partial charge in [0.25, 0.3) is 5.56 Å². The van der Waals surface area contributed by atoms with Crippen LogP contribution in [0.25, 0.3) is 10.9 Å². The lowest BCUT2D eigenvalue weighted by molar-refractivity contribution is 0.826. The molecule has 0 aliphatic rings. The van der Waals surface area contributed by atoms with Crippen molar-refractivity contribution in [2.75, 3.05) is 12.0 Å². The Labute approximate surface area is 115 Å². The Kier molecular flexibility index (Phi) is 3.91. The maximum Gasteiger partial charge on any atom is 0.280 e. The van der Waals surface area contributed by atoms with E-state index in [1.807, 2.05) is 12.1 Å². The van der Waals surface area contributed by atoms with E-state index in [0.717, 1.165) is 0 Å². The molecule has 0 spiro atoms. The lowest BCUT2D eigenvalue weighted by Crippen LogP contribution is -2.40. The first-order chi connectivity index (χ1) is 9.13. The van der Waals surface area contributed by atoms with Crippen LogP contribution >= 0.6 is 12.2 Å². The van der Waals surface area contributed by atoms with Crippen molar-refractivity contribution in [1.29, 1.82) is 0 Å². The highest BCUT2D eigenvalue weighted by atomic mass is 32.1. The number of fused-ring (bicyclic) bond motifs is 1. The molecule has 19 heavy (non-hydrogen) atoms. The molecule has 5 nitrogen and oxygen atoms in total. The number of hydrogen-bond acceptors (Lipinski definition) is 3. The number of nitrogens with one attached hydrogen (secondary N) is 2. The van der Waals surface area contributed by atoms with Crippen LogP contribution in [0.5, 0.6) is 0 Å². The Morgan fingerprint density at radius 1 is 1.53 bits per heavy atom. The summed E-state index contributed by atoms with van der Waals surface area (Å²) < 4.78 is 1.33. The van der Waals surface area contributed by atoms with E-state index in [1.165, 1.54) is 4.68 Å². The first-order valence-corrected chi connectivity index (χ1v) is 6.18. The number of nitrogens with zero attached hydrogens (tertiary/aromatic N) is 2. The Balaban J connectivity index is 2.40. The first-order valence-electron chi connectivity index (χ1n) is 5.77. The van der Waals surface area contributed by atoms with Gasteiger partial charge >= 0.3 is 0 Å². The minimum absolute atomic E-state index is 0.175. The molecule has 0 bridgehead atoms. The van der Waals surface area contributed by atoms with E-state index in [9.17, 15) is 4.79 Å². The predicted octanol–water partition coefficient (Wildman–Crippen LogP) is 1.31. The van der Waals surface area contributed by atoms with Gasteiger partial charge in [-0.3, -0.25) is 10.2 Å². The molecule has 0 saturated carbocycles. The van der Waals surface area contributed by atoms with E-state index < -0.39 is 0 Å². The predicted molar refractivity (Wildman–Crippen MR) is 80.9 cm³/mol. The molecule has 2 N–H and O–H groups in total. The normalized spacial score (nSPS) is 10.2. The number of para-hydroxylation sites is 1. The van der Waals surface area contributed by atoms with Crippen LogP contribution in [0.4, 0.5) is 0 Å². The van der Waals surface area contributed by atoms with Crippen LogP contribution < -0.4 is 16.3 Å². The van der Waals surface area contributed by atoms with E-state index in [4.69, 9.17) is 12.2 Å². The molecule has 2 rings (SSSR count). The number of benzene rings is 1. The Bertz CT molecular complexity index is 693. The molecular formula is C13H14N4OS. The van der Waals surface area contributed by atoms with Crippen LogP contribution in [-0.2, 0) is 0 Å². The second kappa shape index (κ2) is 5.62. The fraction of sp³-hybridized carbons (Fsp3) is 0.154. The molecule has 0 fully saturated rings. The lowest BCUT2D eigenvalue weighted by Gasteiger charge is -2.14. The fourth-order valence-corrected chi connectivity index (χ4v) is 1.86. The maximum absolute atomic E-state index is 12.3. The average Bonchev–Trinajstić information content (AvgIpc) is 2.41. The molecule has 0 saturated heterocycles. The van der Waals surface area contributed by atoms with Crippen molar-refractivity contribution in [2.45, 2.75) is 6.92 Å². The smallest absolute Gasteiger partial charge is 0.280 e. The van der Waals surface area contributed by atoms with Gasteiger partial charge in [0.05, 0.1) is 10.9 Å². The van der Waals surface area contributed by atoms with Crippen LogP contribution in [0, 0.1) is 6.92 Å². The van der Waals surface area contributed by atoms with Crippen molar-refractivity contribution in [3.8, 4) is 0 Å². The molecule has 1 aromatic heterocycles. The molecule has 0 atom stereocenters. The summed E-state index contributed by atoms with van der Waals surface area (Å²) in [7, 11) is 0. The van der Waals surface area contributed by atoms with E-state index in [1.54, 1.807) is 25.1 Å². The summed E-state index contributed by atoms with van der Waals surface area (Å²) in [5, 5.41) is 3.80. The molecule has 1 aromatic carbocycles. The monoisotopic (exact) mass is 274 g/mol. The largest absolute Gasteiger partial charge is 0.358 e. The topological polar surface area (TPSA) is 58.9 Å². The summed E-state index contributed by atoms with van der Waals surface area (Å²) in [6.45, 7) is 5.86. The number of aryl methyl sites for hydroxylation is 1. The van der Waals surface area contributed by atoms with Crippen LogP contribution in [0.1, 0.15) is 5.82 Å². The van der Waals surface area contributed by atoms with E-state index in [-0.39, 0.29) is 5.56 Å². The summed E-state index contributed by atoms with van der Waals surface area (Å²) in [4.78, 5) is 16.7. The third-order valence-electron chi connectivity index (χ3n) is 2.56. The van der Waals surface area contributed by atoms with Crippen molar-refractivity contribution in [1.82, 2.24) is 15.0 Å². The number of rotatable bonds is 3. The zero-order valence-corrected chi connectivity index (χ0v) is 11.3. The lowest BCUT2D eigenvalue weighted by atomic mass is 10.2. The Morgan fingerprint density at radius 3 is 3.00 bits per heavy atom. The van der Waals surface area contributed by atoms with Gasteiger partial charge in [0.2, 0.25) is 0 Å². The molecule has 6 heteroatoms. The quantitative estimate of drug-likeness (QED) is 0.653. The Hall–Kier alpha value is -2.21. The van der Waals surface area contributed by atoms with Gasteiger partial charge in [-0.25, -0.2) is 9.66 Å². The van der Waals surface area contributed by atoms with Gasteiger partial charge in [0.15, 0.2) is 5.11 Å². The SMILES string of the molecule is C=CCNC(=S)Nn1c(C)nc2ccccc2c1=O. The standard InChI is InChI=1S/C13H14N4OS/c1-3-8-14-13(19)16-17-9(2)15-11-7-5-4-6-10(11)12(17)18/h3-7H,1,8H2,2H3,(H2,14,16,19). The molecule has 0 unspecified atom stereocenters. The molecule has 1 heterocycles. The molecule has 0 aliphatic carbocycles. The summed E-state index contributed by atoms with van der Waals surface area (Å²) in [6, 6.07) is 7.20. The Morgan fingerprint density at radius 2 is 2.26 bits per heavy atom. The van der Waals surface area contributed by atoms with Crippen molar-refractivity contribution >= 4 is 28.2 Å². The molecule has 0 aliphatic heterocycles. The van der Waals surface area contributed by atoms with Gasteiger partial charge in [0, 0.05) is 6.54 Å². The van der Waals surface area contributed by atoms with E-state index in [0.29, 0.717) is 28.4 Å². The summed E-state index contributed by atoms with van der Waals surface area (Å²) >= 11 is 5.09. The van der Waals surface area contributed by atoms with Gasteiger partial charge in [-0.2, -0.15) is 0 Å². The molecule has 0 amide bonds. The van der Waals surface area contributed by atoms with Crippen LogP contribution in [0.15, 0.2) is 41.7 Å². The van der Waals surface area contributed by atoms with E-state index >= 15 is 0 Å². The van der Waals surface area contributed by atoms with Gasteiger partial charge in [-0.05, 0) is 31.3 Å². The van der Waals surface area contributed by atoms with Crippen molar-refractivity contribution in [2.24, 2.45) is 0 Å². The number of thiocarbonyl (C=S) groups is 1. The number of aromatic nitrogens is 2. The van der Waals surface area contributed by atoms with E-state index in [2.05, 4.69) is 22.3 Å². The van der Waals surface area contributed by atoms with Crippen LogP contribution in [0.3, 0.4) is 0 Å². The van der Waals surface area contributed by atoms with Crippen molar-refractivity contribution < 1.29 is 0 Å². The molecule has 2 aromatic rings. The summed E-state index contributed by atoms with van der Waals surface area (Å²) in [5.74, 6) is 0.548. The zero-order valence-electron chi connectivity index (χ0n) is 10.5. The van der Waals surface area contributed by atoms with Gasteiger partial charge in [0.1, 0.15) is 5.82 Å². The second-order valence-electron chi connectivity index (χ2n) is 3.93. The first kappa shape index (κ1) is 13.2. The highest BCUT2D eigenvalue weighted by Crippen LogP contribution is 2.06. The summed E-state index contributed by atoms with van der Waals surface area (Å²) in [5.41, 5.74) is 3.32. The molecule has 0 radical (unpaired) electrons. The number of hydrogen-bond donors (Lipinski definition) is 2. The highest BCUT2D eigenvalue weighted by molar-refractivity contribution is 7.80. The molecular weight excluding hydrogens is 260 g/mol. The van der Waals surface area contributed by atoms with Crippen molar-refractivity contribution in [3.63, 3.8) is 0 Å². The average molecular weight is 274 g/mol. The maximum atomic E-state index is 12.3. The van der Waals surface area contributed by atoms with Gasteiger partial charge in [-0.15, -0.1) is 6.58 Å². The minimum atomic E-state index is -0.175. The minimum Gasteiger partial charge on any atom is -0.358 e. The van der Waals surface area contributed by atoms with Gasteiger partial charge in [-0.1, -0.05) is 18.2 Å².